The number of esters is 1. The van der Waals surface area contributed by atoms with Crippen LogP contribution in [0.15, 0.2) is 47.4 Å². The molecule has 2 aromatic carbocycles. The summed E-state index contributed by atoms with van der Waals surface area (Å²) in [5.74, 6) is -1.36. The number of para-hydroxylation sites is 1. The fourth-order valence-corrected chi connectivity index (χ4v) is 5.86. The van der Waals surface area contributed by atoms with Crippen molar-refractivity contribution in [3.8, 4) is 0 Å². The van der Waals surface area contributed by atoms with Gasteiger partial charge in [0.25, 0.3) is 15.9 Å². The Morgan fingerprint density at radius 2 is 2.03 bits per heavy atom. The van der Waals surface area contributed by atoms with E-state index >= 15 is 0 Å². The van der Waals surface area contributed by atoms with Gasteiger partial charge in [-0.05, 0) is 43.2 Å². The van der Waals surface area contributed by atoms with Crippen molar-refractivity contribution >= 4 is 55.7 Å². The second-order valence-corrected chi connectivity index (χ2v) is 9.72. The van der Waals surface area contributed by atoms with Crippen molar-refractivity contribution in [2.75, 3.05) is 22.8 Å². The molecule has 1 aliphatic rings. The van der Waals surface area contributed by atoms with E-state index < -0.39 is 21.9 Å². The molecule has 0 spiro atoms. The van der Waals surface area contributed by atoms with E-state index in [1.54, 1.807) is 19.1 Å². The van der Waals surface area contributed by atoms with E-state index in [1.807, 2.05) is 12.1 Å². The summed E-state index contributed by atoms with van der Waals surface area (Å²) < 4.78 is 36.6. The van der Waals surface area contributed by atoms with Crippen LogP contribution in [0.3, 0.4) is 0 Å². The van der Waals surface area contributed by atoms with E-state index in [9.17, 15) is 18.0 Å². The molecule has 0 saturated carbocycles. The second kappa shape index (κ2) is 8.85. The van der Waals surface area contributed by atoms with Gasteiger partial charge in [0, 0.05) is 23.6 Å². The summed E-state index contributed by atoms with van der Waals surface area (Å²) in [6, 6.07) is 11.2. The highest BCUT2D eigenvalue weighted by atomic mass is 35.5. The number of fused-ring (bicyclic) bond motifs is 1. The Balaban J connectivity index is 1.63. The number of carbonyl (C=O) groups is 2. The zero-order chi connectivity index (χ0) is 22.9. The van der Waals surface area contributed by atoms with E-state index in [1.165, 1.54) is 22.5 Å². The van der Waals surface area contributed by atoms with Crippen LogP contribution in [0.5, 0.6) is 0 Å². The topological polar surface area (TPSA) is 119 Å². The summed E-state index contributed by atoms with van der Waals surface area (Å²) in [6.07, 6.45) is 0.586. The number of halogens is 1. The summed E-state index contributed by atoms with van der Waals surface area (Å²) in [7, 11) is -4.00. The maximum Gasteiger partial charge on any atom is 0.362 e. The van der Waals surface area contributed by atoms with Crippen LogP contribution in [0.4, 0.5) is 10.7 Å². The zero-order valence-corrected chi connectivity index (χ0v) is 19.1. The van der Waals surface area contributed by atoms with E-state index in [0.717, 1.165) is 17.1 Å². The molecule has 12 heteroatoms. The molecular formula is C20H17ClN4O5S2. The Hall–Kier alpha value is -3.02. The Labute approximate surface area is 193 Å². The van der Waals surface area contributed by atoms with E-state index in [2.05, 4.69) is 14.9 Å². The molecule has 0 unspecified atom stereocenters. The lowest BCUT2D eigenvalue weighted by molar-refractivity contribution is 0.0520. The van der Waals surface area contributed by atoms with E-state index in [4.69, 9.17) is 16.3 Å². The number of sulfonamides is 1. The smallest absolute Gasteiger partial charge is 0.362 e. The van der Waals surface area contributed by atoms with Crippen LogP contribution < -0.4 is 9.62 Å². The fraction of sp³-hybridized carbons (Fsp3) is 0.200. The predicted molar refractivity (Wildman–Crippen MR) is 120 cm³/mol. The van der Waals surface area contributed by atoms with Crippen molar-refractivity contribution < 1.29 is 22.7 Å². The molecular weight excluding hydrogens is 476 g/mol. The number of ether oxygens (including phenoxy) is 1. The third-order valence-electron chi connectivity index (χ3n) is 4.79. The van der Waals surface area contributed by atoms with Gasteiger partial charge in [-0.15, -0.1) is 5.10 Å². The summed E-state index contributed by atoms with van der Waals surface area (Å²) in [5, 5.41) is 6.31. The van der Waals surface area contributed by atoms with Gasteiger partial charge in [0.05, 0.1) is 17.3 Å². The van der Waals surface area contributed by atoms with Gasteiger partial charge in [-0.3, -0.25) is 9.10 Å². The number of hydrogen-bond donors (Lipinski definition) is 1. The molecule has 4 rings (SSSR count). The summed E-state index contributed by atoms with van der Waals surface area (Å²) in [6.45, 7) is 2.07. The number of rotatable bonds is 6. The molecule has 1 amide bonds. The molecule has 0 radical (unpaired) electrons. The molecule has 0 bridgehead atoms. The first kappa shape index (κ1) is 22.2. The minimum absolute atomic E-state index is 0.00222. The predicted octanol–water partition coefficient (Wildman–Crippen LogP) is 3.37. The fourth-order valence-electron chi connectivity index (χ4n) is 3.30. The number of nitrogens with one attached hydrogen (secondary N) is 1. The lowest BCUT2D eigenvalue weighted by Crippen LogP contribution is -2.29. The van der Waals surface area contributed by atoms with Crippen LogP contribution in [0.1, 0.15) is 33.3 Å². The SMILES string of the molecule is CCOC(=O)c1nnsc1NC(=O)c1ccc(Cl)c(S(=O)(=O)N2CCc3ccccc32)c1. The highest BCUT2D eigenvalue weighted by Gasteiger charge is 2.32. The molecule has 2 heterocycles. The average molecular weight is 493 g/mol. The van der Waals surface area contributed by atoms with Gasteiger partial charge in [-0.25, -0.2) is 13.2 Å². The average Bonchev–Trinajstić information content (AvgIpc) is 3.41. The molecule has 32 heavy (non-hydrogen) atoms. The molecule has 3 aromatic rings. The maximum atomic E-state index is 13.4. The Kier molecular flexibility index (Phi) is 6.13. The van der Waals surface area contributed by atoms with E-state index in [-0.39, 0.29) is 39.3 Å². The Bertz CT molecular complexity index is 1310. The van der Waals surface area contributed by atoms with Gasteiger partial charge in [0.15, 0.2) is 5.00 Å². The third kappa shape index (κ3) is 4.06. The van der Waals surface area contributed by atoms with Crippen molar-refractivity contribution in [3.05, 3.63) is 64.3 Å². The molecule has 0 saturated heterocycles. The van der Waals surface area contributed by atoms with Crippen molar-refractivity contribution in [1.82, 2.24) is 9.59 Å². The number of carbonyl (C=O) groups excluding carboxylic acids is 2. The van der Waals surface area contributed by atoms with Crippen molar-refractivity contribution in [1.29, 1.82) is 0 Å². The van der Waals surface area contributed by atoms with Crippen LogP contribution in [-0.4, -0.2) is 43.0 Å². The number of nitrogens with zero attached hydrogens (tertiary/aromatic N) is 3. The second-order valence-electron chi connectivity index (χ2n) is 6.73. The minimum atomic E-state index is -4.00. The molecule has 1 aromatic heterocycles. The first-order chi connectivity index (χ1) is 15.3. The summed E-state index contributed by atoms with van der Waals surface area (Å²) >= 11 is 7.02. The molecule has 0 aliphatic carbocycles. The van der Waals surface area contributed by atoms with Crippen LogP contribution >= 0.6 is 23.1 Å². The first-order valence-corrected chi connectivity index (χ1v) is 12.1. The molecule has 1 N–H and O–H groups in total. The highest BCUT2D eigenvalue weighted by Crippen LogP contribution is 2.35. The number of hydrogen-bond acceptors (Lipinski definition) is 8. The molecule has 0 fully saturated rings. The molecule has 9 nitrogen and oxygen atoms in total. The van der Waals surface area contributed by atoms with Crippen molar-refractivity contribution in [3.63, 3.8) is 0 Å². The third-order valence-corrected chi connectivity index (χ3v) is 7.73. The number of amides is 1. The van der Waals surface area contributed by atoms with Gasteiger partial charge < -0.3 is 10.1 Å². The van der Waals surface area contributed by atoms with Crippen molar-refractivity contribution in [2.24, 2.45) is 0 Å². The lowest BCUT2D eigenvalue weighted by Gasteiger charge is -2.20. The Morgan fingerprint density at radius 1 is 1.25 bits per heavy atom. The number of benzene rings is 2. The van der Waals surface area contributed by atoms with Gasteiger partial charge in [-0.2, -0.15) is 0 Å². The highest BCUT2D eigenvalue weighted by molar-refractivity contribution is 7.93. The Morgan fingerprint density at radius 3 is 2.81 bits per heavy atom. The van der Waals surface area contributed by atoms with Crippen LogP contribution in [-0.2, 0) is 21.2 Å². The van der Waals surface area contributed by atoms with Crippen LogP contribution in [0.2, 0.25) is 5.02 Å². The molecule has 166 valence electrons. The largest absolute Gasteiger partial charge is 0.461 e. The quantitative estimate of drug-likeness (QED) is 0.524. The maximum absolute atomic E-state index is 13.4. The summed E-state index contributed by atoms with van der Waals surface area (Å²) in [4.78, 5) is 24.6. The lowest BCUT2D eigenvalue weighted by atomic mass is 10.2. The van der Waals surface area contributed by atoms with Crippen molar-refractivity contribution in [2.45, 2.75) is 18.2 Å². The zero-order valence-electron chi connectivity index (χ0n) is 16.7. The van der Waals surface area contributed by atoms with Gasteiger partial charge in [0.2, 0.25) is 5.69 Å². The minimum Gasteiger partial charge on any atom is -0.461 e. The van der Waals surface area contributed by atoms with Gasteiger partial charge in [0.1, 0.15) is 4.90 Å². The monoisotopic (exact) mass is 492 g/mol. The normalized spacial score (nSPS) is 13.0. The van der Waals surface area contributed by atoms with Crippen LogP contribution in [0, 0.1) is 0 Å². The van der Waals surface area contributed by atoms with Gasteiger partial charge >= 0.3 is 5.97 Å². The van der Waals surface area contributed by atoms with Crippen LogP contribution in [0.25, 0.3) is 0 Å². The number of aromatic nitrogens is 2. The van der Waals surface area contributed by atoms with Gasteiger partial charge in [-0.1, -0.05) is 34.3 Å². The molecule has 1 aliphatic heterocycles. The van der Waals surface area contributed by atoms with E-state index in [0.29, 0.717) is 12.1 Å². The number of anilines is 2. The first-order valence-electron chi connectivity index (χ1n) is 9.54. The standard InChI is InChI=1S/C20H17ClN4O5S2/c1-2-30-20(27)17-19(31-24-23-17)22-18(26)13-7-8-14(21)16(11-13)32(28,29)25-10-9-12-5-3-4-6-15(12)25/h3-8,11H,2,9-10H2,1H3,(H,22,26). The molecule has 0 atom stereocenters. The summed E-state index contributed by atoms with van der Waals surface area (Å²) in [5.41, 5.74) is 1.43.